The molecule has 18 heavy (non-hydrogen) atoms. The van der Waals surface area contributed by atoms with Crippen molar-refractivity contribution in [2.75, 3.05) is 17.8 Å². The van der Waals surface area contributed by atoms with Crippen LogP contribution >= 0.6 is 27.5 Å². The van der Waals surface area contributed by atoms with E-state index < -0.39 is 0 Å². The van der Waals surface area contributed by atoms with Crippen molar-refractivity contribution in [2.45, 2.75) is 5.54 Å². The molecule has 1 aromatic carbocycles. The van der Waals surface area contributed by atoms with Crippen molar-refractivity contribution in [3.05, 3.63) is 35.4 Å². The van der Waals surface area contributed by atoms with E-state index in [9.17, 15) is 9.59 Å². The highest BCUT2D eigenvalue weighted by atomic mass is 79.9. The second-order valence-corrected chi connectivity index (χ2v) is 5.34. The summed E-state index contributed by atoms with van der Waals surface area (Å²) >= 11 is 9.30. The third kappa shape index (κ3) is 1.47. The second kappa shape index (κ2) is 4.05. The highest BCUT2D eigenvalue weighted by Crippen LogP contribution is 2.40. The maximum absolute atomic E-state index is 12.2. The molecule has 1 fully saturated rings. The van der Waals surface area contributed by atoms with Gasteiger partial charge in [0.2, 0.25) is 0 Å². The number of imide groups is 1. The third-order valence-corrected chi connectivity index (χ3v) is 4.94. The van der Waals surface area contributed by atoms with E-state index in [-0.39, 0.29) is 17.4 Å². The van der Waals surface area contributed by atoms with Crippen molar-refractivity contribution < 1.29 is 9.59 Å². The Morgan fingerprint density at radius 1 is 1.22 bits per heavy atom. The number of benzene rings is 1. The lowest BCUT2D eigenvalue weighted by atomic mass is 10.1. The quantitative estimate of drug-likeness (QED) is 0.483. The lowest BCUT2D eigenvalue weighted by Crippen LogP contribution is -2.40. The lowest BCUT2D eigenvalue weighted by molar-refractivity contribution is 0.0337. The van der Waals surface area contributed by atoms with Crippen molar-refractivity contribution in [3.8, 4) is 0 Å². The molecule has 2 aliphatic rings. The Bertz CT molecular complexity index is 510. The van der Waals surface area contributed by atoms with E-state index in [1.165, 1.54) is 5.01 Å². The molecule has 1 saturated heterocycles. The lowest BCUT2D eigenvalue weighted by Gasteiger charge is -2.19. The van der Waals surface area contributed by atoms with Crippen LogP contribution in [0, 0.1) is 0 Å². The first-order valence-corrected chi connectivity index (χ1v) is 7.17. The molecule has 6 heteroatoms. The van der Waals surface area contributed by atoms with Crippen LogP contribution in [-0.4, -0.2) is 45.1 Å². The molecule has 0 N–H and O–H groups in total. The highest BCUT2D eigenvalue weighted by molar-refractivity contribution is 9.09. The monoisotopic (exact) mass is 328 g/mol. The number of hydrogen-bond donors (Lipinski definition) is 0. The first-order valence-electron chi connectivity index (χ1n) is 5.52. The van der Waals surface area contributed by atoms with Gasteiger partial charge in [0.1, 0.15) is 0 Å². The number of hydrogen-bond acceptors (Lipinski definition) is 3. The smallest absolute Gasteiger partial charge is 0.267 e. The topological polar surface area (TPSA) is 40.4 Å². The number of carbonyl (C=O) groups is 2. The van der Waals surface area contributed by atoms with Gasteiger partial charge in [-0.2, -0.15) is 5.01 Å². The Morgan fingerprint density at radius 2 is 1.78 bits per heavy atom. The van der Waals surface area contributed by atoms with E-state index in [2.05, 4.69) is 15.9 Å². The summed E-state index contributed by atoms with van der Waals surface area (Å²) in [6, 6.07) is 6.87. The van der Waals surface area contributed by atoms with Gasteiger partial charge in [-0.15, -0.1) is 11.6 Å². The number of carbonyl (C=O) groups excluding carboxylic acids is 2. The van der Waals surface area contributed by atoms with E-state index in [1.807, 2.05) is 0 Å². The average molecular weight is 330 g/mol. The molecule has 0 spiro atoms. The van der Waals surface area contributed by atoms with Gasteiger partial charge in [0.15, 0.2) is 0 Å². The number of fused-ring (bicyclic) bond motifs is 1. The van der Waals surface area contributed by atoms with Crippen LogP contribution in [0.3, 0.4) is 0 Å². The predicted octanol–water partition coefficient (Wildman–Crippen LogP) is 1.89. The predicted molar refractivity (Wildman–Crippen MR) is 70.9 cm³/mol. The van der Waals surface area contributed by atoms with Crippen LogP contribution in [0.25, 0.3) is 0 Å². The number of halogens is 2. The minimum atomic E-state index is -0.311. The van der Waals surface area contributed by atoms with Gasteiger partial charge >= 0.3 is 0 Å². The molecule has 2 aliphatic heterocycles. The standard InChI is InChI=1S/C12H10BrClN2O2/c13-5-12(6-14)7-15(12)16-10(17)8-3-1-2-4-9(8)11(16)18/h1-4H,5-7H2. The number of nitrogens with zero attached hydrogens (tertiary/aromatic N) is 2. The van der Waals surface area contributed by atoms with Crippen molar-refractivity contribution in [2.24, 2.45) is 0 Å². The number of amides is 2. The first-order chi connectivity index (χ1) is 8.64. The molecular formula is C12H10BrClN2O2. The molecule has 1 aromatic rings. The zero-order valence-corrected chi connectivity index (χ0v) is 11.7. The van der Waals surface area contributed by atoms with Gasteiger partial charge in [0.25, 0.3) is 11.8 Å². The molecule has 2 heterocycles. The Balaban J connectivity index is 1.95. The van der Waals surface area contributed by atoms with Crippen molar-refractivity contribution in [1.82, 2.24) is 10.0 Å². The summed E-state index contributed by atoms with van der Waals surface area (Å²) in [6.07, 6.45) is 0. The zero-order chi connectivity index (χ0) is 12.9. The summed E-state index contributed by atoms with van der Waals surface area (Å²) in [5.41, 5.74) is 0.620. The van der Waals surface area contributed by atoms with Crippen LogP contribution < -0.4 is 0 Å². The van der Waals surface area contributed by atoms with E-state index in [4.69, 9.17) is 11.6 Å². The summed E-state index contributed by atoms with van der Waals surface area (Å²) in [5.74, 6) is -0.141. The van der Waals surface area contributed by atoms with Crippen molar-refractivity contribution >= 4 is 39.3 Å². The zero-order valence-electron chi connectivity index (χ0n) is 9.40. The normalized spacial score (nSPS) is 29.7. The molecular weight excluding hydrogens is 320 g/mol. The van der Waals surface area contributed by atoms with Gasteiger partial charge in [-0.1, -0.05) is 28.1 Å². The minimum Gasteiger partial charge on any atom is -0.267 e. The SMILES string of the molecule is O=C1c2ccccc2C(=O)N1N1CC1(CCl)CBr. The maximum atomic E-state index is 12.2. The van der Waals surface area contributed by atoms with Gasteiger partial charge in [0.05, 0.1) is 16.7 Å². The van der Waals surface area contributed by atoms with Crippen molar-refractivity contribution in [1.29, 1.82) is 0 Å². The Hall–Kier alpha value is -0.910. The van der Waals surface area contributed by atoms with E-state index in [1.54, 1.807) is 29.3 Å². The summed E-state index contributed by atoms with van der Waals surface area (Å²) in [7, 11) is 0. The maximum Gasteiger partial charge on any atom is 0.276 e. The minimum absolute atomic E-state index is 0.261. The number of rotatable bonds is 3. The summed E-state index contributed by atoms with van der Waals surface area (Å²) in [6.45, 7) is 0.618. The summed E-state index contributed by atoms with van der Waals surface area (Å²) in [4.78, 5) is 24.4. The third-order valence-electron chi connectivity index (χ3n) is 3.40. The second-order valence-electron chi connectivity index (χ2n) is 4.52. The molecule has 0 bridgehead atoms. The summed E-state index contributed by atoms with van der Waals surface area (Å²) < 4.78 is 0. The van der Waals surface area contributed by atoms with E-state index in [0.29, 0.717) is 28.9 Å². The first kappa shape index (κ1) is 12.1. The van der Waals surface area contributed by atoms with Crippen molar-refractivity contribution in [3.63, 3.8) is 0 Å². The largest absolute Gasteiger partial charge is 0.276 e. The Labute approximate surface area is 118 Å². The molecule has 0 saturated carbocycles. The van der Waals surface area contributed by atoms with Gasteiger partial charge in [0, 0.05) is 17.8 Å². The van der Waals surface area contributed by atoms with Crippen LogP contribution in [0.1, 0.15) is 20.7 Å². The van der Waals surface area contributed by atoms with Gasteiger partial charge in [-0.25, -0.2) is 5.01 Å². The fraction of sp³-hybridized carbons (Fsp3) is 0.333. The summed E-state index contributed by atoms with van der Waals surface area (Å²) in [5, 5.41) is 3.59. The molecule has 2 atom stereocenters. The Kier molecular flexibility index (Phi) is 2.73. The van der Waals surface area contributed by atoms with Gasteiger partial charge in [-0.3, -0.25) is 9.59 Å². The van der Waals surface area contributed by atoms with Crippen LogP contribution in [0.4, 0.5) is 0 Å². The number of alkyl halides is 2. The molecule has 0 radical (unpaired) electrons. The van der Waals surface area contributed by atoms with Gasteiger partial charge in [-0.05, 0) is 12.1 Å². The fourth-order valence-electron chi connectivity index (χ4n) is 2.18. The van der Waals surface area contributed by atoms with Crippen LogP contribution in [0.5, 0.6) is 0 Å². The molecule has 94 valence electrons. The average Bonchev–Trinajstić information content (AvgIpc) is 3.07. The van der Waals surface area contributed by atoms with E-state index >= 15 is 0 Å². The fourth-order valence-corrected chi connectivity index (χ4v) is 3.39. The van der Waals surface area contributed by atoms with Crippen LogP contribution in [0.2, 0.25) is 0 Å². The molecule has 4 nitrogen and oxygen atoms in total. The van der Waals surface area contributed by atoms with Crippen LogP contribution in [-0.2, 0) is 0 Å². The molecule has 2 amide bonds. The van der Waals surface area contributed by atoms with E-state index in [0.717, 1.165) is 0 Å². The van der Waals surface area contributed by atoms with Crippen LogP contribution in [0.15, 0.2) is 24.3 Å². The number of hydrazine groups is 1. The molecule has 0 aliphatic carbocycles. The Morgan fingerprint density at radius 3 is 2.17 bits per heavy atom. The van der Waals surface area contributed by atoms with Gasteiger partial charge < -0.3 is 0 Å². The molecule has 3 rings (SSSR count). The molecule has 2 unspecified atom stereocenters. The molecule has 0 aromatic heterocycles. The highest BCUT2D eigenvalue weighted by Gasteiger charge is 2.58.